The fraction of sp³-hybridized carbons (Fsp3) is 0.273. The molecule has 0 saturated heterocycles. The first kappa shape index (κ1) is 13.1. The van der Waals surface area contributed by atoms with E-state index in [1.54, 1.807) is 0 Å². The maximum atomic E-state index is 13.3. The third kappa shape index (κ3) is 2.58. The molecular formula is C11H10F2O4. The molecule has 0 bridgehead atoms. The maximum absolute atomic E-state index is 13.3. The number of rotatable bonds is 4. The molecule has 0 aromatic heterocycles. The zero-order valence-corrected chi connectivity index (χ0v) is 9.25. The van der Waals surface area contributed by atoms with Gasteiger partial charge >= 0.3 is 5.97 Å². The summed E-state index contributed by atoms with van der Waals surface area (Å²) in [6.45, 7) is 1.53. The van der Waals surface area contributed by atoms with E-state index in [0.717, 1.165) is 19.2 Å². The van der Waals surface area contributed by atoms with Gasteiger partial charge in [-0.25, -0.2) is 9.18 Å². The molecule has 6 heteroatoms. The molecule has 4 nitrogen and oxygen atoms in total. The Morgan fingerprint density at radius 3 is 2.47 bits per heavy atom. The Morgan fingerprint density at radius 2 is 1.94 bits per heavy atom. The summed E-state index contributed by atoms with van der Waals surface area (Å²) in [6, 6.07) is 1.71. The van der Waals surface area contributed by atoms with Crippen LogP contribution >= 0.6 is 0 Å². The van der Waals surface area contributed by atoms with Crippen molar-refractivity contribution in [2.24, 2.45) is 0 Å². The number of benzene rings is 1. The molecule has 0 atom stereocenters. The van der Waals surface area contributed by atoms with Gasteiger partial charge in [-0.1, -0.05) is 0 Å². The van der Waals surface area contributed by atoms with E-state index in [-0.39, 0.29) is 12.2 Å². The molecule has 0 heterocycles. The fourth-order valence-electron chi connectivity index (χ4n) is 1.22. The highest BCUT2D eigenvalue weighted by Gasteiger charge is 2.25. The first-order valence-electron chi connectivity index (χ1n) is 4.76. The molecule has 1 rings (SSSR count). The number of ketones is 1. The fourth-order valence-corrected chi connectivity index (χ4v) is 1.22. The topological polar surface area (TPSA) is 52.6 Å². The van der Waals surface area contributed by atoms with Crippen LogP contribution in [0.25, 0.3) is 0 Å². The third-order valence-corrected chi connectivity index (χ3v) is 1.96. The maximum Gasteiger partial charge on any atom is 0.379 e. The number of halogens is 2. The van der Waals surface area contributed by atoms with Crippen LogP contribution in [0.5, 0.6) is 5.75 Å². The van der Waals surface area contributed by atoms with Crippen LogP contribution in [0.3, 0.4) is 0 Å². The van der Waals surface area contributed by atoms with E-state index >= 15 is 0 Å². The van der Waals surface area contributed by atoms with Crippen LogP contribution in [0.2, 0.25) is 0 Å². The van der Waals surface area contributed by atoms with Gasteiger partial charge in [-0.3, -0.25) is 4.79 Å². The minimum absolute atomic E-state index is 0.0105. The number of esters is 1. The van der Waals surface area contributed by atoms with Gasteiger partial charge in [0.15, 0.2) is 11.6 Å². The highest BCUT2D eigenvalue weighted by atomic mass is 19.2. The SMILES string of the molecule is CCOC(=O)C(=O)c1ccc(F)c(F)c1OC. The van der Waals surface area contributed by atoms with Crippen molar-refractivity contribution < 1.29 is 27.8 Å². The van der Waals surface area contributed by atoms with Crippen molar-refractivity contribution in [1.29, 1.82) is 0 Å². The second-order valence-corrected chi connectivity index (χ2v) is 2.99. The van der Waals surface area contributed by atoms with Crippen molar-refractivity contribution in [3.05, 3.63) is 29.3 Å². The van der Waals surface area contributed by atoms with Gasteiger partial charge in [0, 0.05) is 0 Å². The zero-order valence-electron chi connectivity index (χ0n) is 9.25. The van der Waals surface area contributed by atoms with Crippen LogP contribution in [-0.4, -0.2) is 25.5 Å². The third-order valence-electron chi connectivity index (χ3n) is 1.96. The highest BCUT2D eigenvalue weighted by molar-refractivity contribution is 6.41. The molecule has 17 heavy (non-hydrogen) atoms. The molecule has 0 radical (unpaired) electrons. The summed E-state index contributed by atoms with van der Waals surface area (Å²) in [5.41, 5.74) is -0.371. The van der Waals surface area contributed by atoms with Gasteiger partial charge in [-0.05, 0) is 19.1 Å². The molecule has 92 valence electrons. The molecule has 1 aromatic rings. The van der Waals surface area contributed by atoms with E-state index in [9.17, 15) is 18.4 Å². The van der Waals surface area contributed by atoms with Crippen LogP contribution in [0.4, 0.5) is 8.78 Å². The summed E-state index contributed by atoms with van der Waals surface area (Å²) < 4.78 is 35.2. The second kappa shape index (κ2) is 5.38. The summed E-state index contributed by atoms with van der Waals surface area (Å²) >= 11 is 0. The Balaban J connectivity index is 3.18. The molecule has 0 spiro atoms. The van der Waals surface area contributed by atoms with Crippen molar-refractivity contribution in [3.8, 4) is 5.75 Å². The van der Waals surface area contributed by atoms with Crippen LogP contribution in [0.1, 0.15) is 17.3 Å². The molecule has 1 aromatic carbocycles. The smallest absolute Gasteiger partial charge is 0.379 e. The lowest BCUT2D eigenvalue weighted by molar-refractivity contribution is -0.137. The van der Waals surface area contributed by atoms with Gasteiger partial charge in [-0.2, -0.15) is 4.39 Å². The summed E-state index contributed by atoms with van der Waals surface area (Å²) in [4.78, 5) is 22.7. The number of ether oxygens (including phenoxy) is 2. The molecule has 0 saturated carbocycles. The average molecular weight is 244 g/mol. The summed E-state index contributed by atoms with van der Waals surface area (Å²) in [7, 11) is 1.07. The quantitative estimate of drug-likeness (QED) is 0.459. The predicted octanol–water partition coefficient (Wildman–Crippen LogP) is 1.72. The molecule has 0 amide bonds. The van der Waals surface area contributed by atoms with Gasteiger partial charge < -0.3 is 9.47 Å². The number of Topliss-reactive ketones (excluding diaryl/α,β-unsaturated/α-hetero) is 1. The van der Waals surface area contributed by atoms with E-state index in [1.807, 2.05) is 0 Å². The first-order chi connectivity index (χ1) is 8.02. The Labute approximate surface area is 96.1 Å². The number of hydrogen-bond acceptors (Lipinski definition) is 4. The van der Waals surface area contributed by atoms with E-state index in [4.69, 9.17) is 0 Å². The molecule has 0 N–H and O–H groups in total. The van der Waals surface area contributed by atoms with E-state index in [1.165, 1.54) is 6.92 Å². The number of carbonyl (C=O) groups is 2. The largest absolute Gasteiger partial charge is 0.493 e. The van der Waals surface area contributed by atoms with Gasteiger partial charge in [0.25, 0.3) is 5.78 Å². The van der Waals surface area contributed by atoms with E-state index in [2.05, 4.69) is 9.47 Å². The summed E-state index contributed by atoms with van der Waals surface area (Å²) in [6.07, 6.45) is 0. The average Bonchev–Trinajstić information content (AvgIpc) is 2.31. The standard InChI is InChI=1S/C11H10F2O4/c1-3-17-11(15)9(14)6-4-5-7(12)8(13)10(6)16-2/h4-5H,3H2,1-2H3. The van der Waals surface area contributed by atoms with Crippen molar-refractivity contribution in [2.45, 2.75) is 6.92 Å². The van der Waals surface area contributed by atoms with Crippen LogP contribution in [0.15, 0.2) is 12.1 Å². The van der Waals surface area contributed by atoms with Crippen molar-refractivity contribution in [2.75, 3.05) is 13.7 Å². The van der Waals surface area contributed by atoms with Crippen LogP contribution < -0.4 is 4.74 Å². The van der Waals surface area contributed by atoms with E-state index in [0.29, 0.717) is 0 Å². The molecule has 0 unspecified atom stereocenters. The predicted molar refractivity (Wildman–Crippen MR) is 53.9 cm³/mol. The second-order valence-electron chi connectivity index (χ2n) is 2.99. The lowest BCUT2D eigenvalue weighted by atomic mass is 10.1. The Kier molecular flexibility index (Phi) is 4.14. The van der Waals surface area contributed by atoms with Crippen LogP contribution in [0, 0.1) is 11.6 Å². The monoisotopic (exact) mass is 244 g/mol. The van der Waals surface area contributed by atoms with Crippen molar-refractivity contribution in [1.82, 2.24) is 0 Å². The Bertz CT molecular complexity index is 457. The Morgan fingerprint density at radius 1 is 1.29 bits per heavy atom. The van der Waals surface area contributed by atoms with Crippen LogP contribution in [-0.2, 0) is 9.53 Å². The summed E-state index contributed by atoms with van der Waals surface area (Å²) in [5.74, 6) is -5.31. The van der Waals surface area contributed by atoms with Gasteiger partial charge in [0.2, 0.25) is 5.82 Å². The molecule has 0 fully saturated rings. The molecule has 0 aliphatic rings. The van der Waals surface area contributed by atoms with Gasteiger partial charge in [0.1, 0.15) is 0 Å². The minimum atomic E-state index is -1.32. The van der Waals surface area contributed by atoms with Crippen molar-refractivity contribution in [3.63, 3.8) is 0 Å². The number of methoxy groups -OCH3 is 1. The van der Waals surface area contributed by atoms with Gasteiger partial charge in [0.05, 0.1) is 19.3 Å². The minimum Gasteiger partial charge on any atom is -0.493 e. The van der Waals surface area contributed by atoms with Gasteiger partial charge in [-0.15, -0.1) is 0 Å². The zero-order chi connectivity index (χ0) is 13.0. The normalized spacial score (nSPS) is 9.88. The first-order valence-corrected chi connectivity index (χ1v) is 4.76. The van der Waals surface area contributed by atoms with Crippen molar-refractivity contribution >= 4 is 11.8 Å². The lowest BCUT2D eigenvalue weighted by Crippen LogP contribution is -2.19. The highest BCUT2D eigenvalue weighted by Crippen LogP contribution is 2.25. The molecule has 0 aliphatic heterocycles. The number of hydrogen-bond donors (Lipinski definition) is 0. The lowest BCUT2D eigenvalue weighted by Gasteiger charge is -2.08. The molecular weight excluding hydrogens is 234 g/mol. The summed E-state index contributed by atoms with van der Waals surface area (Å²) in [5, 5.41) is 0. The number of carbonyl (C=O) groups excluding carboxylic acids is 2. The molecule has 0 aliphatic carbocycles. The van der Waals surface area contributed by atoms with E-state index < -0.39 is 29.1 Å². The Hall–Kier alpha value is -1.98.